The third-order valence-electron chi connectivity index (χ3n) is 2.77. The Balaban J connectivity index is 1.98. The Bertz CT molecular complexity index is 583. The van der Waals surface area contributed by atoms with Gasteiger partial charge in [-0.05, 0) is 42.0 Å². The summed E-state index contributed by atoms with van der Waals surface area (Å²) in [5, 5.41) is 5.58. The van der Waals surface area contributed by atoms with E-state index < -0.39 is 0 Å². The number of ether oxygens (including phenoxy) is 1. The summed E-state index contributed by atoms with van der Waals surface area (Å²) in [5.41, 5.74) is 1.01. The van der Waals surface area contributed by atoms with Crippen molar-refractivity contribution < 1.29 is 9.53 Å². The van der Waals surface area contributed by atoms with E-state index in [4.69, 9.17) is 4.74 Å². The van der Waals surface area contributed by atoms with Crippen molar-refractivity contribution in [3.63, 3.8) is 0 Å². The lowest BCUT2D eigenvalue weighted by Gasteiger charge is -2.07. The first-order chi connectivity index (χ1) is 9.19. The van der Waals surface area contributed by atoms with Gasteiger partial charge in [-0.3, -0.25) is 4.79 Å². The topological polar surface area (TPSA) is 38.3 Å². The quantitative estimate of drug-likeness (QED) is 0.847. The molecule has 0 atom stereocenters. The van der Waals surface area contributed by atoms with Crippen LogP contribution in [0.4, 0.5) is 5.69 Å². The van der Waals surface area contributed by atoms with E-state index in [0.717, 1.165) is 10.2 Å². The molecular weight excluding hydrogens is 306 g/mol. The van der Waals surface area contributed by atoms with E-state index in [1.54, 1.807) is 0 Å². The first kappa shape index (κ1) is 13.9. The van der Waals surface area contributed by atoms with E-state index in [2.05, 4.69) is 45.5 Å². The highest BCUT2D eigenvalue weighted by molar-refractivity contribution is 9.10. The van der Waals surface area contributed by atoms with E-state index in [0.29, 0.717) is 19.6 Å². The first-order valence-corrected chi connectivity index (χ1v) is 7.07. The molecule has 4 heteroatoms. The number of rotatable bonds is 5. The van der Waals surface area contributed by atoms with Gasteiger partial charge in [0.25, 0.3) is 0 Å². The second kappa shape index (κ2) is 6.57. The van der Waals surface area contributed by atoms with Crippen molar-refractivity contribution in [2.75, 3.05) is 18.5 Å². The van der Waals surface area contributed by atoms with Crippen LogP contribution in [0.15, 0.2) is 40.9 Å². The number of esters is 1. The number of carbonyl (C=O) groups excluding carboxylic acids is 1. The summed E-state index contributed by atoms with van der Waals surface area (Å²) in [6.45, 7) is 2.83. The molecule has 2 aromatic rings. The fourth-order valence-corrected chi connectivity index (χ4v) is 2.25. The van der Waals surface area contributed by atoms with E-state index >= 15 is 0 Å². The highest BCUT2D eigenvalue weighted by atomic mass is 79.9. The van der Waals surface area contributed by atoms with Crippen LogP contribution >= 0.6 is 15.9 Å². The normalized spacial score (nSPS) is 10.4. The number of fused-ring (bicyclic) bond motifs is 1. The number of anilines is 1. The predicted octanol–water partition coefficient (Wildman–Crippen LogP) is 3.97. The first-order valence-electron chi connectivity index (χ1n) is 6.28. The van der Waals surface area contributed by atoms with Gasteiger partial charge in [0, 0.05) is 16.7 Å². The molecule has 2 aromatic carbocycles. The minimum Gasteiger partial charge on any atom is -0.466 e. The molecule has 0 aromatic heterocycles. The molecule has 19 heavy (non-hydrogen) atoms. The number of hydrogen-bond acceptors (Lipinski definition) is 3. The summed E-state index contributed by atoms with van der Waals surface area (Å²) in [5.74, 6) is -0.167. The van der Waals surface area contributed by atoms with Gasteiger partial charge in [0.05, 0.1) is 13.0 Å². The van der Waals surface area contributed by atoms with Crippen molar-refractivity contribution in [2.24, 2.45) is 0 Å². The molecule has 0 radical (unpaired) electrons. The molecule has 3 nitrogen and oxygen atoms in total. The highest BCUT2D eigenvalue weighted by Gasteiger charge is 2.01. The molecule has 0 saturated heterocycles. The van der Waals surface area contributed by atoms with Crippen molar-refractivity contribution >= 4 is 38.4 Å². The van der Waals surface area contributed by atoms with Crippen molar-refractivity contribution in [3.05, 3.63) is 40.9 Å². The van der Waals surface area contributed by atoms with Gasteiger partial charge in [-0.2, -0.15) is 0 Å². The maximum atomic E-state index is 11.2. The summed E-state index contributed by atoms with van der Waals surface area (Å²) >= 11 is 3.46. The zero-order valence-corrected chi connectivity index (χ0v) is 12.4. The fourth-order valence-electron chi connectivity index (χ4n) is 1.87. The minimum absolute atomic E-state index is 0.167. The molecule has 0 aliphatic rings. The van der Waals surface area contributed by atoms with Gasteiger partial charge in [-0.15, -0.1) is 0 Å². The van der Waals surface area contributed by atoms with Crippen LogP contribution in [0, 0.1) is 0 Å². The highest BCUT2D eigenvalue weighted by Crippen LogP contribution is 2.22. The van der Waals surface area contributed by atoms with Gasteiger partial charge in [-0.1, -0.05) is 28.1 Å². The van der Waals surface area contributed by atoms with Crippen LogP contribution in [-0.2, 0) is 9.53 Å². The zero-order chi connectivity index (χ0) is 13.7. The Labute approximate surface area is 121 Å². The summed E-state index contributed by atoms with van der Waals surface area (Å²) in [6.07, 6.45) is 0.381. The maximum Gasteiger partial charge on any atom is 0.307 e. The van der Waals surface area contributed by atoms with E-state index in [9.17, 15) is 4.79 Å². The number of halogens is 1. The molecular formula is C15H16BrNO2. The molecule has 0 amide bonds. The Hall–Kier alpha value is -1.55. The molecule has 0 spiro atoms. The molecule has 0 bridgehead atoms. The smallest absolute Gasteiger partial charge is 0.307 e. The number of benzene rings is 2. The van der Waals surface area contributed by atoms with Crippen molar-refractivity contribution in [3.8, 4) is 0 Å². The molecule has 0 aliphatic heterocycles. The molecule has 100 valence electrons. The number of hydrogen-bond donors (Lipinski definition) is 1. The van der Waals surface area contributed by atoms with Crippen LogP contribution in [0.1, 0.15) is 13.3 Å². The van der Waals surface area contributed by atoms with Gasteiger partial charge in [-0.25, -0.2) is 0 Å². The minimum atomic E-state index is -0.167. The Morgan fingerprint density at radius 1 is 1.21 bits per heavy atom. The van der Waals surface area contributed by atoms with E-state index in [-0.39, 0.29) is 5.97 Å². The molecule has 0 unspecified atom stereocenters. The summed E-state index contributed by atoms with van der Waals surface area (Å²) in [4.78, 5) is 11.2. The molecule has 1 N–H and O–H groups in total. The van der Waals surface area contributed by atoms with E-state index in [1.165, 1.54) is 10.8 Å². The largest absolute Gasteiger partial charge is 0.466 e. The monoisotopic (exact) mass is 321 g/mol. The van der Waals surface area contributed by atoms with Gasteiger partial charge >= 0.3 is 5.97 Å². The van der Waals surface area contributed by atoms with Crippen LogP contribution in [-0.4, -0.2) is 19.1 Å². The Morgan fingerprint density at radius 3 is 2.74 bits per heavy atom. The molecule has 0 aliphatic carbocycles. The van der Waals surface area contributed by atoms with Gasteiger partial charge in [0.15, 0.2) is 0 Å². The lowest BCUT2D eigenvalue weighted by molar-refractivity contribution is -0.142. The number of carbonyl (C=O) groups is 1. The fraction of sp³-hybridized carbons (Fsp3) is 0.267. The standard InChI is InChI=1S/C15H16BrNO2/c1-2-19-15(18)7-8-17-14-6-4-11-9-13(16)5-3-12(11)10-14/h3-6,9-10,17H,2,7-8H2,1H3. The average Bonchev–Trinajstić information content (AvgIpc) is 2.39. The Morgan fingerprint density at radius 2 is 1.95 bits per heavy atom. The number of nitrogens with one attached hydrogen (secondary N) is 1. The predicted molar refractivity (Wildman–Crippen MR) is 81.4 cm³/mol. The summed E-state index contributed by atoms with van der Waals surface area (Å²) < 4.78 is 5.95. The van der Waals surface area contributed by atoms with Crippen LogP contribution in [0.3, 0.4) is 0 Å². The average molecular weight is 322 g/mol. The third-order valence-corrected chi connectivity index (χ3v) is 3.26. The van der Waals surface area contributed by atoms with Crippen molar-refractivity contribution in [1.29, 1.82) is 0 Å². The molecule has 0 saturated carbocycles. The Kier molecular flexibility index (Phi) is 4.80. The van der Waals surface area contributed by atoms with Crippen LogP contribution in [0.2, 0.25) is 0 Å². The zero-order valence-electron chi connectivity index (χ0n) is 10.8. The van der Waals surface area contributed by atoms with Crippen molar-refractivity contribution in [1.82, 2.24) is 0 Å². The van der Waals surface area contributed by atoms with Gasteiger partial charge in [0.1, 0.15) is 0 Å². The maximum absolute atomic E-state index is 11.2. The van der Waals surface area contributed by atoms with Gasteiger partial charge < -0.3 is 10.1 Å². The summed E-state index contributed by atoms with van der Waals surface area (Å²) in [7, 11) is 0. The second-order valence-electron chi connectivity index (χ2n) is 4.19. The molecule has 2 rings (SSSR count). The SMILES string of the molecule is CCOC(=O)CCNc1ccc2cc(Br)ccc2c1. The summed E-state index contributed by atoms with van der Waals surface area (Å²) in [6, 6.07) is 12.3. The second-order valence-corrected chi connectivity index (χ2v) is 5.10. The van der Waals surface area contributed by atoms with E-state index in [1.807, 2.05) is 19.1 Å². The third kappa shape index (κ3) is 3.96. The lowest BCUT2D eigenvalue weighted by atomic mass is 10.1. The van der Waals surface area contributed by atoms with Crippen LogP contribution < -0.4 is 5.32 Å². The molecule has 0 heterocycles. The van der Waals surface area contributed by atoms with Crippen molar-refractivity contribution in [2.45, 2.75) is 13.3 Å². The lowest BCUT2D eigenvalue weighted by Crippen LogP contribution is -2.11. The molecule has 0 fully saturated rings. The van der Waals surface area contributed by atoms with Crippen LogP contribution in [0.25, 0.3) is 10.8 Å². The van der Waals surface area contributed by atoms with Crippen LogP contribution in [0.5, 0.6) is 0 Å². The van der Waals surface area contributed by atoms with Gasteiger partial charge in [0.2, 0.25) is 0 Å².